The first-order chi connectivity index (χ1) is 8.91. The lowest BCUT2D eigenvalue weighted by atomic mass is 9.95. The zero-order valence-corrected chi connectivity index (χ0v) is 12.6. The van der Waals surface area contributed by atoms with Crippen LogP contribution in [0.15, 0.2) is 18.2 Å². The lowest BCUT2D eigenvalue weighted by Crippen LogP contribution is -2.34. The highest BCUT2D eigenvalue weighted by molar-refractivity contribution is 5.56. The van der Waals surface area contributed by atoms with Crippen LogP contribution in [0, 0.1) is 5.41 Å². The highest BCUT2D eigenvalue weighted by Gasteiger charge is 2.18. The van der Waals surface area contributed by atoms with Gasteiger partial charge in [0.25, 0.3) is 0 Å². The Balaban J connectivity index is 3.02. The average Bonchev–Trinajstić information content (AvgIpc) is 2.36. The fourth-order valence-electron chi connectivity index (χ4n) is 2.01. The Morgan fingerprint density at radius 3 is 2.21 bits per heavy atom. The van der Waals surface area contributed by atoms with Crippen LogP contribution in [0.4, 0.5) is 5.69 Å². The zero-order valence-electron chi connectivity index (χ0n) is 12.6. The molecule has 1 aromatic rings. The second kappa shape index (κ2) is 6.66. The number of benzene rings is 1. The molecule has 19 heavy (non-hydrogen) atoms. The molecular weight excluding hydrogens is 242 g/mol. The van der Waals surface area contributed by atoms with Gasteiger partial charge < -0.3 is 19.5 Å². The molecule has 0 saturated carbocycles. The second-order valence-corrected chi connectivity index (χ2v) is 5.75. The molecule has 0 aliphatic rings. The topological polar surface area (TPSA) is 41.9 Å². The largest absolute Gasteiger partial charge is 0.493 e. The van der Waals surface area contributed by atoms with Crippen molar-refractivity contribution < 1.29 is 14.6 Å². The number of aliphatic hydroxyl groups is 1. The van der Waals surface area contributed by atoms with Crippen LogP contribution in [-0.4, -0.2) is 39.0 Å². The molecule has 0 unspecified atom stereocenters. The molecule has 0 spiro atoms. The number of aliphatic hydroxyl groups excluding tert-OH is 1. The lowest BCUT2D eigenvalue weighted by Gasteiger charge is -2.31. The van der Waals surface area contributed by atoms with Gasteiger partial charge in [-0.15, -0.1) is 0 Å². The molecule has 0 aliphatic heterocycles. The molecule has 0 atom stereocenters. The number of hydrogen-bond acceptors (Lipinski definition) is 4. The third kappa shape index (κ3) is 4.63. The number of ether oxygens (including phenoxy) is 2. The maximum atomic E-state index is 9.22. The van der Waals surface area contributed by atoms with Crippen LogP contribution in [-0.2, 0) is 0 Å². The monoisotopic (exact) mass is 267 g/mol. The van der Waals surface area contributed by atoms with Crippen LogP contribution in [0.1, 0.15) is 20.8 Å². The molecule has 1 aromatic carbocycles. The van der Waals surface area contributed by atoms with Gasteiger partial charge in [-0.3, -0.25) is 0 Å². The highest BCUT2D eigenvalue weighted by atomic mass is 16.5. The quantitative estimate of drug-likeness (QED) is 0.860. The number of methoxy groups -OCH3 is 2. The lowest BCUT2D eigenvalue weighted by molar-refractivity contribution is 0.293. The van der Waals surface area contributed by atoms with Gasteiger partial charge >= 0.3 is 0 Å². The zero-order chi connectivity index (χ0) is 14.5. The van der Waals surface area contributed by atoms with Crippen molar-refractivity contribution in [3.05, 3.63) is 18.2 Å². The maximum absolute atomic E-state index is 9.22. The van der Waals surface area contributed by atoms with E-state index >= 15 is 0 Å². The fraction of sp³-hybridized carbons (Fsp3) is 0.600. The smallest absolute Gasteiger partial charge is 0.162 e. The number of nitrogens with zero attached hydrogens (tertiary/aromatic N) is 1. The number of hydrogen-bond donors (Lipinski definition) is 1. The molecule has 0 aliphatic carbocycles. The Morgan fingerprint density at radius 2 is 1.74 bits per heavy atom. The normalized spacial score (nSPS) is 11.3. The summed E-state index contributed by atoms with van der Waals surface area (Å²) in [6.45, 7) is 8.13. The van der Waals surface area contributed by atoms with E-state index in [9.17, 15) is 5.11 Å². The molecule has 0 saturated heterocycles. The predicted molar refractivity (Wildman–Crippen MR) is 78.3 cm³/mol. The molecule has 4 heteroatoms. The first-order valence-electron chi connectivity index (χ1n) is 6.49. The minimum atomic E-state index is 0.129. The van der Waals surface area contributed by atoms with Gasteiger partial charge in [0, 0.05) is 24.8 Å². The van der Waals surface area contributed by atoms with Crippen LogP contribution in [0.25, 0.3) is 0 Å². The summed E-state index contributed by atoms with van der Waals surface area (Å²) in [6.07, 6.45) is 0. The maximum Gasteiger partial charge on any atom is 0.162 e. The van der Waals surface area contributed by atoms with Gasteiger partial charge in [-0.25, -0.2) is 0 Å². The van der Waals surface area contributed by atoms with Crippen molar-refractivity contribution in [1.29, 1.82) is 0 Å². The molecule has 0 radical (unpaired) electrons. The Kier molecular flexibility index (Phi) is 5.48. The molecule has 108 valence electrons. The molecule has 4 nitrogen and oxygen atoms in total. The van der Waals surface area contributed by atoms with E-state index in [2.05, 4.69) is 25.7 Å². The van der Waals surface area contributed by atoms with E-state index in [1.54, 1.807) is 14.2 Å². The second-order valence-electron chi connectivity index (χ2n) is 5.75. The minimum absolute atomic E-state index is 0.129. The van der Waals surface area contributed by atoms with Gasteiger partial charge in [0.15, 0.2) is 11.5 Å². The Morgan fingerprint density at radius 1 is 1.11 bits per heavy atom. The van der Waals surface area contributed by atoms with Crippen molar-refractivity contribution in [3.8, 4) is 11.5 Å². The third-order valence-electron chi connectivity index (χ3n) is 2.77. The SMILES string of the molecule is COc1ccc(N(CCO)CC(C)(C)C)cc1OC. The van der Waals surface area contributed by atoms with Crippen molar-refractivity contribution in [2.24, 2.45) is 5.41 Å². The molecule has 0 heterocycles. The van der Waals surface area contributed by atoms with Crippen molar-refractivity contribution in [3.63, 3.8) is 0 Å². The van der Waals surface area contributed by atoms with E-state index in [4.69, 9.17) is 9.47 Å². The van der Waals surface area contributed by atoms with Crippen LogP contribution in [0.5, 0.6) is 11.5 Å². The summed E-state index contributed by atoms with van der Waals surface area (Å²) < 4.78 is 10.6. The molecule has 0 aromatic heterocycles. The van der Waals surface area contributed by atoms with Gasteiger partial charge in [-0.05, 0) is 17.5 Å². The van der Waals surface area contributed by atoms with Crippen molar-refractivity contribution in [1.82, 2.24) is 0 Å². The van der Waals surface area contributed by atoms with Gasteiger partial charge in [0.05, 0.1) is 20.8 Å². The van der Waals surface area contributed by atoms with E-state index in [1.165, 1.54) is 0 Å². The Hall–Kier alpha value is -1.42. The summed E-state index contributed by atoms with van der Waals surface area (Å²) in [4.78, 5) is 2.15. The van der Waals surface area contributed by atoms with Crippen LogP contribution in [0.2, 0.25) is 0 Å². The molecule has 1 rings (SSSR count). The summed E-state index contributed by atoms with van der Waals surface area (Å²) in [5, 5.41) is 9.22. The standard InChI is InChI=1S/C15H25NO3/c1-15(2,3)11-16(8-9-17)12-6-7-13(18-4)14(10-12)19-5/h6-7,10,17H,8-9,11H2,1-5H3. The van der Waals surface area contributed by atoms with Gasteiger partial charge in [0.1, 0.15) is 0 Å². The Labute approximate surface area is 115 Å². The van der Waals surface area contributed by atoms with E-state index in [0.29, 0.717) is 18.0 Å². The predicted octanol–water partition coefficient (Wildman–Crippen LogP) is 2.55. The fourth-order valence-corrected chi connectivity index (χ4v) is 2.01. The van der Waals surface area contributed by atoms with E-state index in [1.807, 2.05) is 18.2 Å². The van der Waals surface area contributed by atoms with Crippen molar-refractivity contribution in [2.45, 2.75) is 20.8 Å². The van der Waals surface area contributed by atoms with E-state index in [-0.39, 0.29) is 12.0 Å². The van der Waals surface area contributed by atoms with Crippen molar-refractivity contribution in [2.75, 3.05) is 38.8 Å². The summed E-state index contributed by atoms with van der Waals surface area (Å²) in [5.74, 6) is 1.42. The van der Waals surface area contributed by atoms with E-state index in [0.717, 1.165) is 12.2 Å². The molecule has 1 N–H and O–H groups in total. The molecular formula is C15H25NO3. The van der Waals surface area contributed by atoms with Crippen LogP contribution in [0.3, 0.4) is 0 Å². The molecule has 0 amide bonds. The summed E-state index contributed by atoms with van der Waals surface area (Å²) >= 11 is 0. The summed E-state index contributed by atoms with van der Waals surface area (Å²) in [5.41, 5.74) is 1.18. The minimum Gasteiger partial charge on any atom is -0.493 e. The van der Waals surface area contributed by atoms with Gasteiger partial charge in [-0.1, -0.05) is 20.8 Å². The third-order valence-corrected chi connectivity index (χ3v) is 2.77. The summed E-state index contributed by atoms with van der Waals surface area (Å²) in [7, 11) is 3.25. The van der Waals surface area contributed by atoms with Crippen LogP contribution >= 0.6 is 0 Å². The Bertz CT molecular complexity index is 399. The van der Waals surface area contributed by atoms with Crippen molar-refractivity contribution >= 4 is 5.69 Å². The van der Waals surface area contributed by atoms with Gasteiger partial charge in [0.2, 0.25) is 0 Å². The van der Waals surface area contributed by atoms with Crippen LogP contribution < -0.4 is 14.4 Å². The average molecular weight is 267 g/mol. The first-order valence-corrected chi connectivity index (χ1v) is 6.49. The molecule has 0 fully saturated rings. The summed E-state index contributed by atoms with van der Waals surface area (Å²) in [6, 6.07) is 5.82. The highest BCUT2D eigenvalue weighted by Crippen LogP contribution is 2.32. The molecule has 0 bridgehead atoms. The van der Waals surface area contributed by atoms with E-state index < -0.39 is 0 Å². The van der Waals surface area contributed by atoms with Gasteiger partial charge in [-0.2, -0.15) is 0 Å². The number of rotatable bonds is 6. The first kappa shape index (κ1) is 15.6. The number of anilines is 1.